The van der Waals surface area contributed by atoms with Crippen molar-refractivity contribution in [1.29, 1.82) is 0 Å². The Morgan fingerprint density at radius 1 is 1.24 bits per heavy atom. The van der Waals surface area contributed by atoms with Crippen LogP contribution >= 0.6 is 11.8 Å². The molecule has 1 N–H and O–H groups in total. The minimum Gasteiger partial charge on any atom is -0.459 e. The van der Waals surface area contributed by atoms with Crippen LogP contribution in [0.25, 0.3) is 0 Å². The first-order chi connectivity index (χ1) is 14.0. The lowest BCUT2D eigenvalue weighted by molar-refractivity contribution is -0.125. The molecule has 2 unspecified atom stereocenters. The van der Waals surface area contributed by atoms with Crippen molar-refractivity contribution in [3.8, 4) is 11.5 Å². The number of thioether (sulfide) groups is 1. The highest BCUT2D eigenvalue weighted by molar-refractivity contribution is 8.00. The maximum atomic E-state index is 13.0. The summed E-state index contributed by atoms with van der Waals surface area (Å²) < 4.78 is 16.0. The summed E-state index contributed by atoms with van der Waals surface area (Å²) in [4.78, 5) is 27.7. The van der Waals surface area contributed by atoms with Gasteiger partial charge in [0.15, 0.2) is 17.3 Å². The largest absolute Gasteiger partial charge is 0.459 e. The van der Waals surface area contributed by atoms with Crippen LogP contribution in [-0.4, -0.2) is 40.7 Å². The molecule has 0 bridgehead atoms. The molecule has 2 aliphatic heterocycles. The van der Waals surface area contributed by atoms with Crippen LogP contribution in [0.3, 0.4) is 0 Å². The molecule has 2 aliphatic rings. The van der Waals surface area contributed by atoms with Gasteiger partial charge in [-0.3, -0.25) is 9.59 Å². The van der Waals surface area contributed by atoms with Gasteiger partial charge < -0.3 is 24.1 Å². The van der Waals surface area contributed by atoms with Gasteiger partial charge in [-0.1, -0.05) is 19.9 Å². The van der Waals surface area contributed by atoms with Crippen molar-refractivity contribution in [3.05, 3.63) is 47.9 Å². The second kappa shape index (κ2) is 8.41. The van der Waals surface area contributed by atoms with Crippen LogP contribution in [-0.2, 0) is 11.3 Å². The number of furan rings is 1. The predicted molar refractivity (Wildman–Crippen MR) is 109 cm³/mol. The van der Waals surface area contributed by atoms with E-state index in [-0.39, 0.29) is 29.7 Å². The molecule has 1 fully saturated rings. The summed E-state index contributed by atoms with van der Waals surface area (Å²) in [5.74, 6) is 2.22. The molecule has 154 valence electrons. The van der Waals surface area contributed by atoms with Crippen molar-refractivity contribution in [1.82, 2.24) is 10.2 Å². The van der Waals surface area contributed by atoms with E-state index in [1.807, 2.05) is 18.2 Å². The number of benzene rings is 1. The van der Waals surface area contributed by atoms with Gasteiger partial charge in [0.05, 0.1) is 11.6 Å². The lowest BCUT2D eigenvalue weighted by Gasteiger charge is -2.29. The fourth-order valence-electron chi connectivity index (χ4n) is 3.51. The molecule has 0 radical (unpaired) electrons. The minimum atomic E-state index is -0.532. The fourth-order valence-corrected chi connectivity index (χ4v) is 5.15. The lowest BCUT2D eigenvalue weighted by atomic mass is 10.1. The van der Waals surface area contributed by atoms with Crippen LogP contribution < -0.4 is 14.8 Å². The number of rotatable bonds is 6. The number of hydrogen-bond acceptors (Lipinski definition) is 6. The lowest BCUT2D eigenvalue weighted by Crippen LogP contribution is -2.49. The Hall–Kier alpha value is -2.61. The van der Waals surface area contributed by atoms with Gasteiger partial charge in [-0.05, 0) is 42.2 Å². The van der Waals surface area contributed by atoms with Gasteiger partial charge in [0.1, 0.15) is 6.04 Å². The van der Waals surface area contributed by atoms with Gasteiger partial charge in [-0.15, -0.1) is 11.8 Å². The molecule has 1 aromatic heterocycles. The van der Waals surface area contributed by atoms with Crippen LogP contribution in [0.5, 0.6) is 11.5 Å². The van der Waals surface area contributed by atoms with Crippen LogP contribution in [0, 0.1) is 5.92 Å². The van der Waals surface area contributed by atoms with Gasteiger partial charge in [-0.25, -0.2) is 0 Å². The number of nitrogens with one attached hydrogen (secondary N) is 1. The molecule has 29 heavy (non-hydrogen) atoms. The number of hydrogen-bond donors (Lipinski definition) is 1. The smallest absolute Gasteiger partial charge is 0.291 e. The van der Waals surface area contributed by atoms with Gasteiger partial charge in [0.2, 0.25) is 12.7 Å². The van der Waals surface area contributed by atoms with Gasteiger partial charge in [-0.2, -0.15) is 0 Å². The van der Waals surface area contributed by atoms with Crippen LogP contribution in [0.1, 0.15) is 36.4 Å². The van der Waals surface area contributed by atoms with Crippen molar-refractivity contribution in [2.24, 2.45) is 5.92 Å². The molecule has 3 heterocycles. The third-order valence-corrected chi connectivity index (χ3v) is 6.25. The zero-order valence-electron chi connectivity index (χ0n) is 16.4. The Kier molecular flexibility index (Phi) is 5.71. The Labute approximate surface area is 173 Å². The first kappa shape index (κ1) is 19.7. The van der Waals surface area contributed by atoms with Gasteiger partial charge in [0.25, 0.3) is 5.91 Å². The number of nitrogens with zero attached hydrogens (tertiary/aromatic N) is 1. The van der Waals surface area contributed by atoms with Crippen molar-refractivity contribution in [3.63, 3.8) is 0 Å². The predicted octanol–water partition coefficient (Wildman–Crippen LogP) is 3.25. The molecule has 7 nitrogen and oxygen atoms in total. The first-order valence-electron chi connectivity index (χ1n) is 9.67. The van der Waals surface area contributed by atoms with E-state index in [1.165, 1.54) is 6.26 Å². The molecule has 8 heteroatoms. The van der Waals surface area contributed by atoms with E-state index in [0.717, 1.165) is 12.0 Å². The van der Waals surface area contributed by atoms with E-state index >= 15 is 0 Å². The third-order valence-electron chi connectivity index (χ3n) is 4.94. The number of carbonyl (C=O) groups is 2. The molecule has 2 atom stereocenters. The average molecular weight is 416 g/mol. The topological polar surface area (TPSA) is 81.0 Å². The minimum absolute atomic E-state index is 0.0473. The highest BCUT2D eigenvalue weighted by atomic mass is 32.2. The molecule has 2 amide bonds. The van der Waals surface area contributed by atoms with E-state index < -0.39 is 6.04 Å². The van der Waals surface area contributed by atoms with Crippen LogP contribution in [0.15, 0.2) is 41.0 Å². The molecular formula is C21H24N2O5S. The van der Waals surface area contributed by atoms with E-state index in [9.17, 15) is 9.59 Å². The van der Waals surface area contributed by atoms with Crippen molar-refractivity contribution in [2.45, 2.75) is 38.2 Å². The number of fused-ring (bicyclic) bond motifs is 1. The Morgan fingerprint density at radius 2 is 2.07 bits per heavy atom. The molecule has 0 spiro atoms. The summed E-state index contributed by atoms with van der Waals surface area (Å²) in [5.41, 5.74) is 0.913. The normalized spacial score (nSPS) is 20.3. The zero-order valence-corrected chi connectivity index (χ0v) is 17.2. The van der Waals surface area contributed by atoms with E-state index in [1.54, 1.807) is 28.8 Å². The van der Waals surface area contributed by atoms with Gasteiger partial charge in [0, 0.05) is 12.3 Å². The maximum Gasteiger partial charge on any atom is 0.291 e. The molecule has 4 rings (SSSR count). The average Bonchev–Trinajstić information content (AvgIpc) is 3.44. The van der Waals surface area contributed by atoms with E-state index in [2.05, 4.69) is 19.2 Å². The van der Waals surface area contributed by atoms with Gasteiger partial charge >= 0.3 is 0 Å². The fraction of sp³-hybridized carbons (Fsp3) is 0.429. The molecule has 1 saturated heterocycles. The number of carbonyl (C=O) groups excluding carboxylic acids is 2. The van der Waals surface area contributed by atoms with E-state index in [0.29, 0.717) is 29.7 Å². The SMILES string of the molecule is CC(C)CC1SCC(C(=O)NCc2ccc3c(c2)OCO3)N1C(=O)c1ccco1. The molecule has 0 saturated carbocycles. The summed E-state index contributed by atoms with van der Waals surface area (Å²) in [5, 5.41) is 2.92. The Balaban J connectivity index is 1.46. The van der Waals surface area contributed by atoms with Crippen molar-refractivity contribution < 1.29 is 23.5 Å². The zero-order chi connectivity index (χ0) is 20.4. The Bertz CT molecular complexity index is 883. The molecule has 2 aromatic rings. The maximum absolute atomic E-state index is 13.0. The van der Waals surface area contributed by atoms with Crippen LogP contribution in [0.2, 0.25) is 0 Å². The summed E-state index contributed by atoms with van der Waals surface area (Å²) in [6, 6.07) is 8.38. The summed E-state index contributed by atoms with van der Waals surface area (Å²) in [6.45, 7) is 4.80. The summed E-state index contributed by atoms with van der Waals surface area (Å²) in [6.07, 6.45) is 2.30. The van der Waals surface area contributed by atoms with Crippen molar-refractivity contribution in [2.75, 3.05) is 12.5 Å². The standard InChI is InChI=1S/C21H24N2O5S/c1-13(2)8-19-23(21(25)17-4-3-7-26-17)15(11-29-19)20(24)22-10-14-5-6-16-18(9-14)28-12-27-16/h3-7,9,13,15,19H,8,10-12H2,1-2H3,(H,22,24). The van der Waals surface area contributed by atoms with Crippen LogP contribution in [0.4, 0.5) is 0 Å². The first-order valence-corrected chi connectivity index (χ1v) is 10.7. The third kappa shape index (κ3) is 4.22. The van der Waals surface area contributed by atoms with Crippen molar-refractivity contribution >= 4 is 23.6 Å². The Morgan fingerprint density at radius 3 is 2.83 bits per heavy atom. The monoisotopic (exact) mass is 416 g/mol. The van der Waals surface area contributed by atoms with E-state index in [4.69, 9.17) is 13.9 Å². The highest BCUT2D eigenvalue weighted by Crippen LogP contribution is 2.35. The molecular weight excluding hydrogens is 392 g/mol. The summed E-state index contributed by atoms with van der Waals surface area (Å²) >= 11 is 1.64. The summed E-state index contributed by atoms with van der Waals surface area (Å²) in [7, 11) is 0. The quantitative estimate of drug-likeness (QED) is 0.779. The molecule has 0 aliphatic carbocycles. The second-order valence-corrected chi connectivity index (χ2v) is 8.74. The molecule has 1 aromatic carbocycles. The number of ether oxygens (including phenoxy) is 2. The highest BCUT2D eigenvalue weighted by Gasteiger charge is 2.42. The second-order valence-electron chi connectivity index (χ2n) is 7.53. The number of amides is 2.